The molecule has 0 fully saturated rings. The van der Waals surface area contributed by atoms with Crippen molar-refractivity contribution in [2.75, 3.05) is 6.61 Å². The number of urea groups is 1. The van der Waals surface area contributed by atoms with E-state index >= 15 is 0 Å². The number of unbranched alkanes of at least 4 members (excludes halogenated alkanes) is 4. The van der Waals surface area contributed by atoms with E-state index in [1.807, 2.05) is 52.0 Å². The predicted octanol–water partition coefficient (Wildman–Crippen LogP) is 5.25. The molecule has 0 saturated heterocycles. The molecule has 1 aliphatic rings. The molecule has 0 aromatic heterocycles. The Bertz CT molecular complexity index is 755. The van der Waals surface area contributed by atoms with Gasteiger partial charge < -0.3 is 20.1 Å². The highest BCUT2D eigenvalue weighted by molar-refractivity contribution is 5.95. The molecule has 0 bridgehead atoms. The molecule has 6 nitrogen and oxygen atoms in total. The van der Waals surface area contributed by atoms with E-state index in [2.05, 4.69) is 17.6 Å². The van der Waals surface area contributed by atoms with Gasteiger partial charge in [-0.3, -0.25) is 0 Å². The van der Waals surface area contributed by atoms with Crippen LogP contribution in [-0.4, -0.2) is 24.7 Å². The van der Waals surface area contributed by atoms with Gasteiger partial charge in [-0.05, 0) is 32.3 Å². The number of amides is 2. The first-order chi connectivity index (χ1) is 14.3. The van der Waals surface area contributed by atoms with Crippen molar-refractivity contribution in [3.8, 4) is 5.75 Å². The summed E-state index contributed by atoms with van der Waals surface area (Å²) in [6, 6.07) is 6.60. The minimum absolute atomic E-state index is 0.0418. The second kappa shape index (κ2) is 11.6. The molecular weight excluding hydrogens is 380 g/mol. The van der Waals surface area contributed by atoms with Crippen LogP contribution in [-0.2, 0) is 9.53 Å². The molecule has 0 radical (unpaired) electrons. The van der Waals surface area contributed by atoms with Crippen molar-refractivity contribution in [3.63, 3.8) is 0 Å². The Balaban J connectivity index is 2.31. The van der Waals surface area contributed by atoms with Crippen LogP contribution >= 0.6 is 0 Å². The summed E-state index contributed by atoms with van der Waals surface area (Å²) in [5.41, 5.74) is 1.77. The summed E-state index contributed by atoms with van der Waals surface area (Å²) in [7, 11) is 0. The lowest BCUT2D eigenvalue weighted by atomic mass is 9.91. The van der Waals surface area contributed by atoms with Crippen LogP contribution in [0.4, 0.5) is 4.79 Å². The van der Waals surface area contributed by atoms with Crippen LogP contribution in [0.1, 0.15) is 78.3 Å². The molecule has 2 N–H and O–H groups in total. The SMILES string of the molecule is CCCCCCCOc1ccccc1C1NC(=O)NC(C(C)C)=C1C(=O)OC(C)C. The molecule has 166 valence electrons. The first kappa shape index (κ1) is 23.8. The largest absolute Gasteiger partial charge is 0.493 e. The number of carbonyl (C=O) groups is 2. The minimum atomic E-state index is -0.626. The van der Waals surface area contributed by atoms with Crippen molar-refractivity contribution in [1.82, 2.24) is 10.6 Å². The smallest absolute Gasteiger partial charge is 0.338 e. The fraction of sp³-hybridized carbons (Fsp3) is 0.583. The Labute approximate surface area is 180 Å². The first-order valence-electron chi connectivity index (χ1n) is 11.1. The molecule has 6 heteroatoms. The lowest BCUT2D eigenvalue weighted by Gasteiger charge is -2.32. The number of rotatable bonds is 11. The predicted molar refractivity (Wildman–Crippen MR) is 118 cm³/mol. The van der Waals surface area contributed by atoms with Gasteiger partial charge in [-0.25, -0.2) is 9.59 Å². The van der Waals surface area contributed by atoms with E-state index in [4.69, 9.17) is 9.47 Å². The number of hydrogen-bond acceptors (Lipinski definition) is 4. The number of ether oxygens (including phenoxy) is 2. The van der Waals surface area contributed by atoms with Gasteiger partial charge in [-0.1, -0.05) is 64.7 Å². The Kier molecular flexibility index (Phi) is 9.21. The van der Waals surface area contributed by atoms with Gasteiger partial charge in [0.1, 0.15) is 5.75 Å². The number of benzene rings is 1. The second-order valence-electron chi connectivity index (χ2n) is 8.27. The monoisotopic (exact) mass is 416 g/mol. The molecule has 30 heavy (non-hydrogen) atoms. The van der Waals surface area contributed by atoms with Gasteiger partial charge in [0, 0.05) is 11.3 Å². The summed E-state index contributed by atoms with van der Waals surface area (Å²) in [5, 5.41) is 5.69. The molecule has 2 rings (SSSR count). The van der Waals surface area contributed by atoms with Crippen LogP contribution in [0.5, 0.6) is 5.75 Å². The summed E-state index contributed by atoms with van der Waals surface area (Å²) in [6.45, 7) is 10.3. The van der Waals surface area contributed by atoms with Crippen LogP contribution in [0.25, 0.3) is 0 Å². The highest BCUT2D eigenvalue weighted by Crippen LogP contribution is 2.35. The van der Waals surface area contributed by atoms with Gasteiger partial charge >= 0.3 is 12.0 Å². The summed E-state index contributed by atoms with van der Waals surface area (Å²) in [5.74, 6) is 0.207. The first-order valence-corrected chi connectivity index (χ1v) is 11.1. The molecule has 2 amide bonds. The average Bonchev–Trinajstić information content (AvgIpc) is 2.69. The number of hydrogen-bond donors (Lipinski definition) is 2. The zero-order valence-electron chi connectivity index (χ0n) is 18.9. The summed E-state index contributed by atoms with van der Waals surface area (Å²) in [4.78, 5) is 25.3. The number of carbonyl (C=O) groups excluding carboxylic acids is 2. The van der Waals surface area contributed by atoms with Gasteiger partial charge in [-0.15, -0.1) is 0 Å². The average molecular weight is 417 g/mol. The van der Waals surface area contributed by atoms with Crippen molar-refractivity contribution in [1.29, 1.82) is 0 Å². The maximum Gasteiger partial charge on any atom is 0.338 e. The van der Waals surface area contributed by atoms with Gasteiger partial charge in [0.05, 0.1) is 24.3 Å². The van der Waals surface area contributed by atoms with Crippen LogP contribution in [0.15, 0.2) is 35.5 Å². The van der Waals surface area contributed by atoms with Crippen molar-refractivity contribution in [3.05, 3.63) is 41.1 Å². The van der Waals surface area contributed by atoms with E-state index in [-0.39, 0.29) is 18.1 Å². The normalized spacial score (nSPS) is 16.5. The Morgan fingerprint density at radius 3 is 2.43 bits per heavy atom. The number of nitrogens with one attached hydrogen (secondary N) is 2. The topological polar surface area (TPSA) is 76.7 Å². The number of para-hydroxylation sites is 1. The highest BCUT2D eigenvalue weighted by atomic mass is 16.5. The third kappa shape index (κ3) is 6.51. The lowest BCUT2D eigenvalue weighted by Crippen LogP contribution is -2.47. The molecule has 1 unspecified atom stereocenters. The van der Waals surface area contributed by atoms with Crippen molar-refractivity contribution in [2.24, 2.45) is 5.92 Å². The minimum Gasteiger partial charge on any atom is -0.493 e. The van der Waals surface area contributed by atoms with Gasteiger partial charge in [0.25, 0.3) is 0 Å². The van der Waals surface area contributed by atoms with E-state index < -0.39 is 12.0 Å². The van der Waals surface area contributed by atoms with E-state index in [9.17, 15) is 9.59 Å². The van der Waals surface area contributed by atoms with Crippen LogP contribution < -0.4 is 15.4 Å². The lowest BCUT2D eigenvalue weighted by molar-refractivity contribution is -0.143. The van der Waals surface area contributed by atoms with E-state index in [0.717, 1.165) is 18.4 Å². The molecule has 0 saturated carbocycles. The van der Waals surface area contributed by atoms with Crippen molar-refractivity contribution < 1.29 is 19.1 Å². The zero-order valence-corrected chi connectivity index (χ0v) is 18.9. The quantitative estimate of drug-likeness (QED) is 0.381. The highest BCUT2D eigenvalue weighted by Gasteiger charge is 2.36. The molecule has 1 atom stereocenters. The fourth-order valence-electron chi connectivity index (χ4n) is 3.52. The molecule has 1 heterocycles. The molecule has 0 aliphatic carbocycles. The summed E-state index contributed by atoms with van der Waals surface area (Å²) < 4.78 is 11.6. The van der Waals surface area contributed by atoms with Gasteiger partial charge in [0.15, 0.2) is 0 Å². The van der Waals surface area contributed by atoms with Crippen LogP contribution in [0, 0.1) is 5.92 Å². The molecule has 1 aromatic carbocycles. The molecule has 0 spiro atoms. The molecular formula is C24H36N2O4. The van der Waals surface area contributed by atoms with E-state index in [0.29, 0.717) is 23.6 Å². The van der Waals surface area contributed by atoms with Crippen LogP contribution in [0.3, 0.4) is 0 Å². The van der Waals surface area contributed by atoms with Crippen molar-refractivity contribution in [2.45, 2.75) is 78.9 Å². The van der Waals surface area contributed by atoms with Crippen molar-refractivity contribution >= 4 is 12.0 Å². The third-order valence-corrected chi connectivity index (χ3v) is 4.98. The Morgan fingerprint density at radius 2 is 1.77 bits per heavy atom. The van der Waals surface area contributed by atoms with Crippen LogP contribution in [0.2, 0.25) is 0 Å². The summed E-state index contributed by atoms with van der Waals surface area (Å²) >= 11 is 0. The Hall–Kier alpha value is -2.50. The number of esters is 1. The molecule has 1 aliphatic heterocycles. The van der Waals surface area contributed by atoms with Gasteiger partial charge in [0.2, 0.25) is 0 Å². The third-order valence-electron chi connectivity index (χ3n) is 4.98. The van der Waals surface area contributed by atoms with E-state index in [1.165, 1.54) is 19.3 Å². The standard InChI is InChI=1S/C24H36N2O4/c1-6-7-8-9-12-15-29-19-14-11-10-13-18(19)22-20(23(27)30-17(4)5)21(16(2)3)25-24(28)26-22/h10-11,13-14,16-17,22H,6-9,12,15H2,1-5H3,(H2,25,26,28). The number of allylic oxidation sites excluding steroid dienone is 1. The second-order valence-corrected chi connectivity index (χ2v) is 8.27. The maximum absolute atomic E-state index is 13.0. The maximum atomic E-state index is 13.0. The summed E-state index contributed by atoms with van der Waals surface area (Å²) in [6.07, 6.45) is 5.50. The molecule has 1 aromatic rings. The zero-order chi connectivity index (χ0) is 22.1. The fourth-order valence-corrected chi connectivity index (χ4v) is 3.52. The van der Waals surface area contributed by atoms with E-state index in [1.54, 1.807) is 0 Å². The van der Waals surface area contributed by atoms with Gasteiger partial charge in [-0.2, -0.15) is 0 Å². The Morgan fingerprint density at radius 1 is 1.07 bits per heavy atom.